The third-order valence-electron chi connectivity index (χ3n) is 7.22. The minimum absolute atomic E-state index is 0.0169. The van der Waals surface area contributed by atoms with Crippen LogP contribution >= 0.6 is 0 Å². The van der Waals surface area contributed by atoms with Gasteiger partial charge in [-0.25, -0.2) is 19.9 Å². The third-order valence-corrected chi connectivity index (χ3v) is 7.22. The van der Waals surface area contributed by atoms with E-state index in [1.807, 2.05) is 18.3 Å². The van der Waals surface area contributed by atoms with Crippen LogP contribution in [0, 0.1) is 0 Å². The number of aromatic nitrogens is 4. The van der Waals surface area contributed by atoms with Crippen molar-refractivity contribution in [3.63, 3.8) is 0 Å². The number of aliphatic hydroxyl groups excluding tert-OH is 1. The Kier molecular flexibility index (Phi) is 6.57. The summed E-state index contributed by atoms with van der Waals surface area (Å²) < 4.78 is 0. The van der Waals surface area contributed by atoms with Crippen molar-refractivity contribution < 1.29 is 5.11 Å². The van der Waals surface area contributed by atoms with E-state index in [0.717, 1.165) is 68.8 Å². The number of hydrogen-bond acceptors (Lipinski definition) is 9. The van der Waals surface area contributed by atoms with Gasteiger partial charge in [0.2, 0.25) is 5.95 Å². The quantitative estimate of drug-likeness (QED) is 0.555. The van der Waals surface area contributed by atoms with Crippen molar-refractivity contribution in [3.8, 4) is 0 Å². The summed E-state index contributed by atoms with van der Waals surface area (Å²) in [5.74, 6) is 2.01. The first-order chi connectivity index (χ1) is 16.8. The summed E-state index contributed by atoms with van der Waals surface area (Å²) in [4.78, 5) is 25.9. The second-order valence-corrected chi connectivity index (χ2v) is 10.5. The van der Waals surface area contributed by atoms with Crippen molar-refractivity contribution >= 4 is 28.5 Å². The molecule has 0 aromatic carbocycles. The number of piperazine rings is 1. The molecule has 2 saturated heterocycles. The molecule has 9 heteroatoms. The van der Waals surface area contributed by atoms with Gasteiger partial charge in [-0.15, -0.1) is 0 Å². The van der Waals surface area contributed by atoms with E-state index in [-0.39, 0.29) is 5.54 Å². The van der Waals surface area contributed by atoms with Crippen molar-refractivity contribution in [2.75, 3.05) is 50.0 Å². The normalized spacial score (nSPS) is 19.9. The van der Waals surface area contributed by atoms with E-state index in [1.54, 1.807) is 13.1 Å². The predicted octanol–water partition coefficient (Wildman–Crippen LogP) is 3.34. The SMILES string of the molecule is CC(O)c1cc2cnc(Nc3ccc(CN4CCN(C)CC4)cn3)nc2c(N2CCCC2(C)C)n1. The fraction of sp³-hybridized carbons (Fsp3) is 0.538. The average Bonchev–Trinajstić information content (AvgIpc) is 3.19. The zero-order valence-electron chi connectivity index (χ0n) is 21.2. The highest BCUT2D eigenvalue weighted by Gasteiger charge is 2.34. The second kappa shape index (κ2) is 9.64. The Balaban J connectivity index is 1.38. The molecule has 0 aliphatic carbocycles. The highest BCUT2D eigenvalue weighted by atomic mass is 16.3. The smallest absolute Gasteiger partial charge is 0.229 e. The molecule has 0 radical (unpaired) electrons. The Morgan fingerprint density at radius 3 is 2.51 bits per heavy atom. The van der Waals surface area contributed by atoms with E-state index < -0.39 is 6.10 Å². The molecule has 2 N–H and O–H groups in total. The van der Waals surface area contributed by atoms with Gasteiger partial charge in [-0.1, -0.05) is 6.07 Å². The lowest BCUT2D eigenvalue weighted by molar-refractivity contribution is 0.148. The molecule has 3 aromatic heterocycles. The maximum absolute atomic E-state index is 10.2. The Bertz CT molecular complexity index is 1170. The predicted molar refractivity (Wildman–Crippen MR) is 139 cm³/mol. The molecule has 1 unspecified atom stereocenters. The lowest BCUT2D eigenvalue weighted by Crippen LogP contribution is -2.43. The number of pyridine rings is 2. The van der Waals surface area contributed by atoms with E-state index in [9.17, 15) is 5.11 Å². The van der Waals surface area contributed by atoms with Crippen molar-refractivity contribution in [3.05, 3.63) is 41.9 Å². The molecule has 2 aliphatic heterocycles. The molecule has 0 spiro atoms. The minimum Gasteiger partial charge on any atom is -0.387 e. The van der Waals surface area contributed by atoms with Crippen LogP contribution in [0.25, 0.3) is 10.9 Å². The number of rotatable bonds is 6. The highest BCUT2D eigenvalue weighted by Crippen LogP contribution is 2.37. The van der Waals surface area contributed by atoms with Crippen molar-refractivity contribution in [2.24, 2.45) is 0 Å². The summed E-state index contributed by atoms with van der Waals surface area (Å²) in [6.07, 6.45) is 5.27. The van der Waals surface area contributed by atoms with E-state index >= 15 is 0 Å². The summed E-state index contributed by atoms with van der Waals surface area (Å²) in [5, 5.41) is 14.3. The third kappa shape index (κ3) is 5.22. The van der Waals surface area contributed by atoms with Crippen LogP contribution in [0.15, 0.2) is 30.6 Å². The van der Waals surface area contributed by atoms with Gasteiger partial charge in [0.15, 0.2) is 5.82 Å². The topological polar surface area (TPSA) is 93.5 Å². The van der Waals surface area contributed by atoms with Crippen molar-refractivity contribution in [1.82, 2.24) is 29.7 Å². The van der Waals surface area contributed by atoms with Crippen LogP contribution < -0.4 is 10.2 Å². The number of likely N-dealkylation sites (N-methyl/N-ethyl adjacent to an activating group) is 1. The summed E-state index contributed by atoms with van der Waals surface area (Å²) >= 11 is 0. The van der Waals surface area contributed by atoms with Crippen molar-refractivity contribution in [2.45, 2.75) is 51.8 Å². The molecule has 5 heterocycles. The van der Waals surface area contributed by atoms with E-state index in [1.165, 1.54) is 5.56 Å². The fourth-order valence-electron chi connectivity index (χ4n) is 4.98. The Morgan fingerprint density at radius 2 is 1.86 bits per heavy atom. The molecule has 3 aromatic rings. The van der Waals surface area contributed by atoms with Gasteiger partial charge >= 0.3 is 0 Å². The number of nitrogens with zero attached hydrogens (tertiary/aromatic N) is 7. The largest absolute Gasteiger partial charge is 0.387 e. The first kappa shape index (κ1) is 23.8. The minimum atomic E-state index is -0.657. The lowest BCUT2D eigenvalue weighted by Gasteiger charge is -2.33. The molecule has 0 bridgehead atoms. The number of nitrogens with one attached hydrogen (secondary N) is 1. The zero-order valence-corrected chi connectivity index (χ0v) is 21.2. The van der Waals surface area contributed by atoms with Crippen LogP contribution in [0.2, 0.25) is 0 Å². The van der Waals surface area contributed by atoms with Crippen LogP contribution in [0.4, 0.5) is 17.6 Å². The Hall–Kier alpha value is -2.88. The molecule has 0 amide bonds. The van der Waals surface area contributed by atoms with Crippen LogP contribution in [-0.2, 0) is 6.54 Å². The van der Waals surface area contributed by atoms with E-state index in [0.29, 0.717) is 17.5 Å². The molecule has 2 fully saturated rings. The van der Waals surface area contributed by atoms with E-state index in [4.69, 9.17) is 9.97 Å². The molecule has 1 atom stereocenters. The summed E-state index contributed by atoms with van der Waals surface area (Å²) in [6, 6.07) is 5.98. The summed E-state index contributed by atoms with van der Waals surface area (Å²) in [7, 11) is 2.17. The van der Waals surface area contributed by atoms with E-state index in [2.05, 4.69) is 56.9 Å². The fourth-order valence-corrected chi connectivity index (χ4v) is 4.98. The summed E-state index contributed by atoms with van der Waals surface area (Å²) in [6.45, 7) is 12.4. The van der Waals surface area contributed by atoms with Crippen molar-refractivity contribution in [1.29, 1.82) is 0 Å². The Morgan fingerprint density at radius 1 is 1.06 bits per heavy atom. The molecule has 9 nitrogen and oxygen atoms in total. The van der Waals surface area contributed by atoms with Gasteiger partial charge in [0, 0.05) is 62.6 Å². The van der Waals surface area contributed by atoms with Gasteiger partial charge in [-0.2, -0.15) is 0 Å². The van der Waals surface area contributed by atoms with Gasteiger partial charge in [-0.05, 0) is 58.4 Å². The van der Waals surface area contributed by atoms with Gasteiger partial charge < -0.3 is 20.2 Å². The van der Waals surface area contributed by atoms with Gasteiger partial charge in [0.1, 0.15) is 11.3 Å². The number of fused-ring (bicyclic) bond motifs is 1. The molecule has 5 rings (SSSR count). The van der Waals surface area contributed by atoms with Gasteiger partial charge in [0.25, 0.3) is 0 Å². The van der Waals surface area contributed by atoms with Gasteiger partial charge in [0.05, 0.1) is 11.8 Å². The zero-order chi connectivity index (χ0) is 24.6. The number of anilines is 3. The molecule has 35 heavy (non-hydrogen) atoms. The van der Waals surface area contributed by atoms with Crippen LogP contribution in [0.3, 0.4) is 0 Å². The average molecular weight is 477 g/mol. The molecule has 0 saturated carbocycles. The first-order valence-electron chi connectivity index (χ1n) is 12.5. The van der Waals surface area contributed by atoms with Crippen LogP contribution in [-0.4, -0.2) is 80.2 Å². The summed E-state index contributed by atoms with van der Waals surface area (Å²) in [5.41, 5.74) is 2.61. The maximum atomic E-state index is 10.2. The lowest BCUT2D eigenvalue weighted by atomic mass is 10.0. The standard InChI is InChI=1S/C26H36N8O/c1-18(35)21-14-20-16-28-25(31-23(20)24(29-21)34-9-5-8-26(34,2)3)30-22-7-6-19(15-27-22)17-33-12-10-32(4)11-13-33/h6-7,14-16,18,35H,5,8-13,17H2,1-4H3,(H,27,28,30,31). The monoisotopic (exact) mass is 476 g/mol. The van der Waals surface area contributed by atoms with Gasteiger partial charge in [-0.3, -0.25) is 4.90 Å². The molecule has 186 valence electrons. The first-order valence-corrected chi connectivity index (χ1v) is 12.5. The maximum Gasteiger partial charge on any atom is 0.229 e. The highest BCUT2D eigenvalue weighted by molar-refractivity contribution is 5.90. The Labute approximate surface area is 207 Å². The molecule has 2 aliphatic rings. The number of aliphatic hydroxyl groups is 1. The molecular weight excluding hydrogens is 440 g/mol. The number of hydrogen-bond donors (Lipinski definition) is 2. The van der Waals surface area contributed by atoms with Crippen LogP contribution in [0.5, 0.6) is 0 Å². The second-order valence-electron chi connectivity index (χ2n) is 10.5. The molecular formula is C26H36N8O. The van der Waals surface area contributed by atoms with Crippen LogP contribution in [0.1, 0.15) is 51.0 Å².